The molecule has 0 amide bonds. The smallest absolute Gasteiger partial charge is 0.246 e. The van der Waals surface area contributed by atoms with Crippen LogP contribution in [-0.4, -0.2) is 14.8 Å². The Morgan fingerprint density at radius 2 is 1.02 bits per heavy atom. The fourth-order valence-electron chi connectivity index (χ4n) is 9.44. The fourth-order valence-corrected chi connectivity index (χ4v) is 14.6. The summed E-state index contributed by atoms with van der Waals surface area (Å²) in [5.41, 5.74) is 13.9. The first kappa shape index (κ1) is 31.4. The van der Waals surface area contributed by atoms with E-state index in [2.05, 4.69) is 194 Å². The second-order valence-corrected chi connectivity index (χ2v) is 21.1. The molecule has 50 heavy (non-hydrogen) atoms. The predicted octanol–water partition coefficient (Wildman–Crippen LogP) is 6.91. The van der Waals surface area contributed by atoms with Gasteiger partial charge < -0.3 is 4.90 Å². The number of para-hydroxylation sites is 1. The molecule has 3 aliphatic heterocycles. The number of rotatable bonds is 3. The summed E-state index contributed by atoms with van der Waals surface area (Å²) in [5.74, 6) is 0. The summed E-state index contributed by atoms with van der Waals surface area (Å²) >= 11 is 0. The Morgan fingerprint density at radius 3 is 1.58 bits per heavy atom. The number of hydrogen-bond acceptors (Lipinski definition) is 1. The van der Waals surface area contributed by atoms with E-state index in [-0.39, 0.29) is 23.0 Å². The van der Waals surface area contributed by atoms with Crippen LogP contribution in [0.2, 0.25) is 0 Å². The molecular weight excluding hydrogens is 617 g/mol. The SMILES string of the molecule is CC(C)(C)c1cc2c3c(c1)C(C)(C)c1cccc4c1N3c1c(cc(C(C)(C)C)cc1[Si]4(c1ccccc1)c1ccccc1)B2c1ccccc1. The summed E-state index contributed by atoms with van der Waals surface area (Å²) in [4.78, 5) is 2.75. The van der Waals surface area contributed by atoms with Gasteiger partial charge in [-0.3, -0.25) is 0 Å². The van der Waals surface area contributed by atoms with Crippen LogP contribution >= 0.6 is 0 Å². The summed E-state index contributed by atoms with van der Waals surface area (Å²) in [5, 5.41) is 5.90. The lowest BCUT2D eigenvalue weighted by molar-refractivity contribution is 0.581. The van der Waals surface area contributed by atoms with Crippen molar-refractivity contribution >= 4 is 69.0 Å². The lowest BCUT2D eigenvalue weighted by Gasteiger charge is -2.55. The van der Waals surface area contributed by atoms with Gasteiger partial charge in [-0.15, -0.1) is 0 Å². The van der Waals surface area contributed by atoms with Crippen LogP contribution < -0.4 is 42.0 Å². The normalized spacial score (nSPS) is 16.2. The zero-order valence-corrected chi connectivity index (χ0v) is 31.7. The van der Waals surface area contributed by atoms with Gasteiger partial charge in [-0.25, -0.2) is 0 Å². The minimum Gasteiger partial charge on any atom is -0.311 e. The van der Waals surface area contributed by atoms with E-state index < -0.39 is 8.07 Å². The third-order valence-electron chi connectivity index (χ3n) is 12.0. The molecule has 0 saturated heterocycles. The molecule has 0 N–H and O–H groups in total. The molecule has 0 atom stereocenters. The molecule has 0 aliphatic carbocycles. The minimum absolute atomic E-state index is 0.00819. The van der Waals surface area contributed by atoms with Gasteiger partial charge in [0.05, 0.1) is 5.69 Å². The van der Waals surface area contributed by atoms with Gasteiger partial charge in [0.15, 0.2) is 8.07 Å². The second kappa shape index (κ2) is 10.5. The molecule has 1 nitrogen and oxygen atoms in total. The van der Waals surface area contributed by atoms with E-state index in [0.29, 0.717) is 0 Å². The van der Waals surface area contributed by atoms with Crippen LogP contribution in [0.1, 0.15) is 77.6 Å². The topological polar surface area (TPSA) is 3.24 Å². The zero-order valence-electron chi connectivity index (χ0n) is 30.7. The summed E-state index contributed by atoms with van der Waals surface area (Å²) in [6.07, 6.45) is 0. The highest BCUT2D eigenvalue weighted by molar-refractivity contribution is 7.22. The molecule has 3 aliphatic rings. The molecule has 0 aromatic heterocycles. The third kappa shape index (κ3) is 4.13. The van der Waals surface area contributed by atoms with Gasteiger partial charge in [-0.05, 0) is 64.8 Å². The van der Waals surface area contributed by atoms with E-state index in [4.69, 9.17) is 0 Å². The molecule has 0 spiro atoms. The van der Waals surface area contributed by atoms with E-state index in [0.717, 1.165) is 0 Å². The first-order chi connectivity index (χ1) is 23.8. The Hall–Kier alpha value is -4.60. The average Bonchev–Trinajstić information content (AvgIpc) is 3.10. The Bertz CT molecular complexity index is 2270. The highest BCUT2D eigenvalue weighted by atomic mass is 28.3. The lowest BCUT2D eigenvalue weighted by atomic mass is 9.34. The highest BCUT2D eigenvalue weighted by Gasteiger charge is 2.56. The Kier molecular flexibility index (Phi) is 6.57. The number of hydrogen-bond donors (Lipinski definition) is 0. The van der Waals surface area contributed by atoms with Crippen molar-refractivity contribution in [2.24, 2.45) is 0 Å². The number of nitrogens with zero attached hydrogens (tertiary/aromatic N) is 1. The van der Waals surface area contributed by atoms with E-state index in [1.165, 1.54) is 76.5 Å². The second-order valence-electron chi connectivity index (χ2n) is 17.4. The predicted molar refractivity (Wildman–Crippen MR) is 219 cm³/mol. The molecule has 6 aromatic carbocycles. The maximum atomic E-state index is 2.75. The van der Waals surface area contributed by atoms with Gasteiger partial charge in [0.1, 0.15) is 0 Å². The summed E-state index contributed by atoms with van der Waals surface area (Å²) in [6, 6.07) is 52.0. The van der Waals surface area contributed by atoms with Crippen molar-refractivity contribution in [2.45, 2.75) is 71.6 Å². The molecule has 6 aromatic rings. The summed E-state index contributed by atoms with van der Waals surface area (Å²) in [6.45, 7) is 19.3. The molecule has 246 valence electrons. The van der Waals surface area contributed by atoms with Gasteiger partial charge in [0.2, 0.25) is 6.71 Å². The monoisotopic (exact) mass is 663 g/mol. The van der Waals surface area contributed by atoms with Gasteiger partial charge in [0, 0.05) is 16.8 Å². The number of anilines is 3. The van der Waals surface area contributed by atoms with Gasteiger partial charge in [0.25, 0.3) is 0 Å². The van der Waals surface area contributed by atoms with E-state index in [1.807, 2.05) is 0 Å². The Labute approximate surface area is 300 Å². The van der Waals surface area contributed by atoms with Crippen LogP contribution in [0, 0.1) is 0 Å². The maximum absolute atomic E-state index is 2.84. The fraction of sp³-hybridized carbons (Fsp3) is 0.234. The van der Waals surface area contributed by atoms with Gasteiger partial charge >= 0.3 is 0 Å². The molecule has 3 heteroatoms. The first-order valence-electron chi connectivity index (χ1n) is 18.3. The van der Waals surface area contributed by atoms with E-state index in [9.17, 15) is 0 Å². The molecule has 0 unspecified atom stereocenters. The lowest BCUT2D eigenvalue weighted by Crippen LogP contribution is -2.79. The molecule has 3 heterocycles. The van der Waals surface area contributed by atoms with Crippen molar-refractivity contribution in [3.63, 3.8) is 0 Å². The zero-order chi connectivity index (χ0) is 34.8. The van der Waals surface area contributed by atoms with Crippen molar-refractivity contribution < 1.29 is 0 Å². The van der Waals surface area contributed by atoms with Gasteiger partial charge in [-0.2, -0.15) is 0 Å². The van der Waals surface area contributed by atoms with Crippen molar-refractivity contribution in [3.8, 4) is 0 Å². The van der Waals surface area contributed by atoms with Crippen molar-refractivity contribution in [1.82, 2.24) is 0 Å². The Morgan fingerprint density at radius 1 is 0.500 bits per heavy atom. The molecule has 0 saturated carbocycles. The maximum Gasteiger partial charge on any atom is 0.246 e. The molecule has 9 rings (SSSR count). The molecule has 0 fully saturated rings. The molecule has 0 bridgehead atoms. The average molecular weight is 664 g/mol. The van der Waals surface area contributed by atoms with Crippen LogP contribution in [0.5, 0.6) is 0 Å². The Balaban J connectivity index is 1.56. The van der Waals surface area contributed by atoms with E-state index >= 15 is 0 Å². The third-order valence-corrected chi connectivity index (χ3v) is 16.8. The highest BCUT2D eigenvalue weighted by Crippen LogP contribution is 2.54. The van der Waals surface area contributed by atoms with Gasteiger partial charge in [-0.1, -0.05) is 194 Å². The molecule has 0 radical (unpaired) electrons. The van der Waals surface area contributed by atoms with Crippen LogP contribution in [0.4, 0.5) is 17.1 Å². The minimum atomic E-state index is -2.84. The number of benzene rings is 6. The van der Waals surface area contributed by atoms with Crippen molar-refractivity contribution in [3.05, 3.63) is 156 Å². The van der Waals surface area contributed by atoms with Crippen molar-refractivity contribution in [1.29, 1.82) is 0 Å². The summed E-state index contributed by atoms with van der Waals surface area (Å²) < 4.78 is 0. The largest absolute Gasteiger partial charge is 0.311 e. The first-order valence-corrected chi connectivity index (χ1v) is 20.3. The summed E-state index contributed by atoms with van der Waals surface area (Å²) in [7, 11) is -2.84. The quantitative estimate of drug-likeness (QED) is 0.186. The van der Waals surface area contributed by atoms with Crippen LogP contribution in [0.3, 0.4) is 0 Å². The van der Waals surface area contributed by atoms with Crippen LogP contribution in [0.25, 0.3) is 0 Å². The van der Waals surface area contributed by atoms with Crippen LogP contribution in [-0.2, 0) is 16.2 Å². The van der Waals surface area contributed by atoms with Crippen LogP contribution in [0.15, 0.2) is 133 Å². The van der Waals surface area contributed by atoms with Crippen molar-refractivity contribution in [2.75, 3.05) is 4.90 Å². The molecular formula is C47H46BNSi. The van der Waals surface area contributed by atoms with E-state index in [1.54, 1.807) is 0 Å². The standard InChI is InChI=1S/C47H46BNSi/c1-45(2,3)31-27-37-42-38(28-31)48(33-19-12-9-13-20-33)39-29-32(46(4,5)6)30-41-44(39)49(42)43-36(47(37,7)8)25-18-26-40(43)50(41,34-21-14-10-15-22-34)35-23-16-11-17-24-35/h9-30H,1-8H3.